The lowest BCUT2D eigenvalue weighted by Crippen LogP contribution is -2.50. The average molecular weight is 385 g/mol. The highest BCUT2D eigenvalue weighted by Crippen LogP contribution is 2.30. The average Bonchev–Trinajstić information content (AvgIpc) is 3.40. The van der Waals surface area contributed by atoms with Crippen LogP contribution in [0.4, 0.5) is 0 Å². The third-order valence-corrected chi connectivity index (χ3v) is 6.55. The predicted molar refractivity (Wildman–Crippen MR) is 106 cm³/mol. The highest BCUT2D eigenvalue weighted by Gasteiger charge is 2.40. The van der Waals surface area contributed by atoms with Gasteiger partial charge in [0.15, 0.2) is 0 Å². The number of amides is 2. The smallest absolute Gasteiger partial charge is 0.246 e. The molecule has 0 bridgehead atoms. The maximum atomic E-state index is 13.0. The molecule has 0 radical (unpaired) electrons. The zero-order chi connectivity index (χ0) is 18.8. The van der Waals surface area contributed by atoms with Crippen LogP contribution in [-0.2, 0) is 16.0 Å². The Balaban J connectivity index is 1.42. The molecule has 2 amide bonds. The molecule has 2 aliphatic heterocycles. The Morgan fingerprint density at radius 2 is 2.15 bits per heavy atom. The normalized spacial score (nSPS) is 24.5. The fraction of sp³-hybridized carbons (Fsp3) is 0.450. The number of oxime groups is 1. The number of fused-ring (bicyclic) bond motifs is 1. The molecule has 7 heteroatoms. The zero-order valence-corrected chi connectivity index (χ0v) is 15.9. The minimum atomic E-state index is -0.393. The van der Waals surface area contributed by atoms with E-state index in [0.717, 1.165) is 24.2 Å². The molecule has 4 rings (SSSR count). The first kappa shape index (κ1) is 18.1. The molecule has 0 aromatic heterocycles. The molecule has 2 saturated heterocycles. The number of benzene rings is 1. The summed E-state index contributed by atoms with van der Waals surface area (Å²) in [4.78, 5) is 29.4. The lowest BCUT2D eigenvalue weighted by molar-refractivity contribution is -0.143. The third-order valence-electron chi connectivity index (χ3n) is 5.51. The number of carbonyl (C=O) groups is 2. The highest BCUT2D eigenvalue weighted by molar-refractivity contribution is 7.99. The molecule has 0 unspecified atom stereocenters. The van der Waals surface area contributed by atoms with E-state index in [1.54, 1.807) is 21.6 Å². The van der Waals surface area contributed by atoms with Crippen molar-refractivity contribution in [3.05, 3.63) is 41.0 Å². The molecule has 27 heavy (non-hydrogen) atoms. The number of hydrogen-bond acceptors (Lipinski definition) is 5. The quantitative estimate of drug-likeness (QED) is 0.491. The van der Waals surface area contributed by atoms with Gasteiger partial charge in [0.05, 0.1) is 18.1 Å². The van der Waals surface area contributed by atoms with E-state index in [1.165, 1.54) is 17.3 Å². The van der Waals surface area contributed by atoms with Gasteiger partial charge in [-0.05, 0) is 30.4 Å². The molecule has 3 aliphatic rings. The van der Waals surface area contributed by atoms with Crippen LogP contribution in [0.15, 0.2) is 35.0 Å². The van der Waals surface area contributed by atoms with Gasteiger partial charge in [0.2, 0.25) is 11.8 Å². The predicted octanol–water partition coefficient (Wildman–Crippen LogP) is 2.37. The number of carbonyl (C=O) groups excluding carboxylic acids is 2. The Hall–Kier alpha value is -2.28. The Morgan fingerprint density at radius 3 is 2.96 bits per heavy atom. The van der Waals surface area contributed by atoms with E-state index in [0.29, 0.717) is 25.3 Å². The number of likely N-dealkylation sites (tertiary alicyclic amines) is 1. The second-order valence-corrected chi connectivity index (χ2v) is 8.24. The van der Waals surface area contributed by atoms with Crippen molar-refractivity contribution < 1.29 is 14.8 Å². The summed E-state index contributed by atoms with van der Waals surface area (Å²) in [6.07, 6.45) is 6.24. The molecule has 2 fully saturated rings. The van der Waals surface area contributed by atoms with Crippen LogP contribution in [0, 0.1) is 0 Å². The van der Waals surface area contributed by atoms with Crippen LogP contribution in [0.5, 0.6) is 0 Å². The van der Waals surface area contributed by atoms with Gasteiger partial charge >= 0.3 is 0 Å². The first-order valence-corrected chi connectivity index (χ1v) is 10.5. The lowest BCUT2D eigenvalue weighted by Gasteiger charge is -2.29. The highest BCUT2D eigenvalue weighted by atomic mass is 32.2. The van der Waals surface area contributed by atoms with Crippen molar-refractivity contribution in [3.63, 3.8) is 0 Å². The summed E-state index contributed by atoms with van der Waals surface area (Å²) in [7, 11) is 0. The largest absolute Gasteiger partial charge is 0.411 e. The molecular weight excluding hydrogens is 362 g/mol. The fourth-order valence-electron chi connectivity index (χ4n) is 4.16. The van der Waals surface area contributed by atoms with Crippen molar-refractivity contribution in [3.8, 4) is 0 Å². The summed E-state index contributed by atoms with van der Waals surface area (Å²) < 4.78 is 0. The topological polar surface area (TPSA) is 73.2 Å². The molecule has 1 aliphatic carbocycles. The zero-order valence-electron chi connectivity index (χ0n) is 15.1. The summed E-state index contributed by atoms with van der Waals surface area (Å²) in [5, 5.41) is 11.9. The van der Waals surface area contributed by atoms with Crippen molar-refractivity contribution in [2.45, 2.75) is 37.8 Å². The first-order valence-electron chi connectivity index (χ1n) is 9.30. The summed E-state index contributed by atoms with van der Waals surface area (Å²) in [5.41, 5.74) is 3.56. The maximum absolute atomic E-state index is 13.0. The molecule has 2 atom stereocenters. The van der Waals surface area contributed by atoms with Gasteiger partial charge < -0.3 is 15.0 Å². The van der Waals surface area contributed by atoms with Crippen LogP contribution in [0.25, 0.3) is 6.08 Å². The molecule has 1 aromatic rings. The van der Waals surface area contributed by atoms with Crippen molar-refractivity contribution in [1.29, 1.82) is 0 Å². The Kier molecular flexibility index (Phi) is 5.20. The van der Waals surface area contributed by atoms with Crippen LogP contribution in [0.3, 0.4) is 0 Å². The SMILES string of the molecule is O=C([C@@H]1CCCN1C(=O)CC1=Cc2ccccc2C1)N1CSC[C@H]1C=NO. The molecule has 0 spiro atoms. The lowest BCUT2D eigenvalue weighted by atomic mass is 10.1. The van der Waals surface area contributed by atoms with E-state index in [9.17, 15) is 9.59 Å². The Morgan fingerprint density at radius 1 is 1.30 bits per heavy atom. The number of thioether (sulfide) groups is 1. The molecule has 0 saturated carbocycles. The van der Waals surface area contributed by atoms with E-state index in [2.05, 4.69) is 23.4 Å². The second kappa shape index (κ2) is 7.76. The number of rotatable bonds is 4. The van der Waals surface area contributed by atoms with Crippen molar-refractivity contribution >= 4 is 35.9 Å². The third kappa shape index (κ3) is 3.60. The van der Waals surface area contributed by atoms with Gasteiger partial charge in [0.25, 0.3) is 0 Å². The van der Waals surface area contributed by atoms with E-state index >= 15 is 0 Å². The molecular formula is C20H23N3O3S. The van der Waals surface area contributed by atoms with E-state index < -0.39 is 6.04 Å². The van der Waals surface area contributed by atoms with E-state index in [4.69, 9.17) is 5.21 Å². The van der Waals surface area contributed by atoms with Gasteiger partial charge in [0.1, 0.15) is 6.04 Å². The summed E-state index contributed by atoms with van der Waals surface area (Å²) in [6.45, 7) is 0.634. The van der Waals surface area contributed by atoms with Gasteiger partial charge in [-0.15, -0.1) is 11.8 Å². The van der Waals surface area contributed by atoms with Gasteiger partial charge in [-0.2, -0.15) is 0 Å². The van der Waals surface area contributed by atoms with Gasteiger partial charge in [-0.1, -0.05) is 41.1 Å². The molecule has 1 N–H and O–H groups in total. The maximum Gasteiger partial charge on any atom is 0.246 e. The van der Waals surface area contributed by atoms with Gasteiger partial charge in [0, 0.05) is 18.7 Å². The fourth-order valence-corrected chi connectivity index (χ4v) is 5.29. The van der Waals surface area contributed by atoms with E-state index in [1.807, 2.05) is 12.1 Å². The van der Waals surface area contributed by atoms with Crippen molar-refractivity contribution in [2.24, 2.45) is 5.16 Å². The monoisotopic (exact) mass is 385 g/mol. The molecule has 2 heterocycles. The standard InChI is InChI=1S/C20H23N3O3S/c24-19(10-14-8-15-4-1-2-5-16(15)9-14)22-7-3-6-18(22)20(25)23-13-27-12-17(23)11-21-26/h1-2,4-5,8,11,17-18,26H,3,6-7,9-10,12-13H2/t17-,18+/m1/s1. The number of hydrogen-bond donors (Lipinski definition) is 1. The van der Waals surface area contributed by atoms with Gasteiger partial charge in [-0.3, -0.25) is 9.59 Å². The summed E-state index contributed by atoms with van der Waals surface area (Å²) in [5.74, 6) is 1.31. The molecule has 142 valence electrons. The van der Waals surface area contributed by atoms with Crippen LogP contribution < -0.4 is 0 Å². The van der Waals surface area contributed by atoms with Crippen LogP contribution in [-0.4, -0.2) is 63.3 Å². The van der Waals surface area contributed by atoms with Crippen LogP contribution >= 0.6 is 11.8 Å². The Bertz CT molecular complexity index is 807. The van der Waals surface area contributed by atoms with Crippen molar-refractivity contribution in [1.82, 2.24) is 9.80 Å². The van der Waals surface area contributed by atoms with E-state index in [-0.39, 0.29) is 17.9 Å². The second-order valence-electron chi connectivity index (χ2n) is 7.24. The van der Waals surface area contributed by atoms with Crippen LogP contribution in [0.2, 0.25) is 0 Å². The molecule has 6 nitrogen and oxygen atoms in total. The summed E-state index contributed by atoms with van der Waals surface area (Å²) in [6, 6.07) is 7.61. The summed E-state index contributed by atoms with van der Waals surface area (Å²) >= 11 is 1.64. The minimum Gasteiger partial charge on any atom is -0.411 e. The van der Waals surface area contributed by atoms with Crippen molar-refractivity contribution in [2.75, 3.05) is 18.2 Å². The van der Waals surface area contributed by atoms with Gasteiger partial charge in [-0.25, -0.2) is 0 Å². The Labute approximate surface area is 162 Å². The molecule has 1 aromatic carbocycles. The number of nitrogens with zero attached hydrogens (tertiary/aromatic N) is 3. The first-order chi connectivity index (χ1) is 13.2. The minimum absolute atomic E-state index is 0.0283. The van der Waals surface area contributed by atoms with Crippen LogP contribution in [0.1, 0.15) is 30.4 Å².